The van der Waals surface area contributed by atoms with Crippen molar-refractivity contribution in [3.8, 4) is 6.07 Å². The molecule has 1 aromatic carbocycles. The van der Waals surface area contributed by atoms with Gasteiger partial charge in [-0.05, 0) is 56.4 Å². The largest absolute Gasteiger partial charge is 0.381 e. The van der Waals surface area contributed by atoms with Crippen LogP contribution in [0, 0.1) is 17.2 Å². The summed E-state index contributed by atoms with van der Waals surface area (Å²) in [6, 6.07) is 10.2. The zero-order chi connectivity index (χ0) is 27.8. The normalized spacial score (nSPS) is 21.3. The van der Waals surface area contributed by atoms with Crippen LogP contribution in [0.5, 0.6) is 0 Å². The predicted molar refractivity (Wildman–Crippen MR) is 145 cm³/mol. The summed E-state index contributed by atoms with van der Waals surface area (Å²) < 4.78 is 7.17. The summed E-state index contributed by atoms with van der Waals surface area (Å²) in [7, 11) is 0. The average molecular weight is 554 g/mol. The second-order valence-corrected chi connectivity index (χ2v) is 10.0. The molecule has 13 heteroatoms. The van der Waals surface area contributed by atoms with E-state index in [0.717, 1.165) is 51.0 Å². The first-order valence-corrected chi connectivity index (χ1v) is 13.2. The quantitative estimate of drug-likeness (QED) is 0.295. The Morgan fingerprint density at radius 3 is 2.44 bits per heavy atom. The van der Waals surface area contributed by atoms with E-state index in [2.05, 4.69) is 32.0 Å². The summed E-state index contributed by atoms with van der Waals surface area (Å²) in [6.07, 6.45) is 9.01. The third-order valence-electron chi connectivity index (χ3n) is 6.90. The van der Waals surface area contributed by atoms with Crippen molar-refractivity contribution < 1.29 is 14.3 Å². The summed E-state index contributed by atoms with van der Waals surface area (Å²) in [6.45, 7) is 1.59. The maximum atomic E-state index is 12.0. The lowest BCUT2D eigenvalue weighted by Gasteiger charge is -2.36. The van der Waals surface area contributed by atoms with Gasteiger partial charge in [0.05, 0.1) is 29.8 Å². The minimum Gasteiger partial charge on any atom is -0.381 e. The zero-order valence-electron chi connectivity index (χ0n) is 21.3. The van der Waals surface area contributed by atoms with Crippen LogP contribution in [0.25, 0.3) is 0 Å². The van der Waals surface area contributed by atoms with Crippen molar-refractivity contribution in [2.24, 2.45) is 17.4 Å². The van der Waals surface area contributed by atoms with Crippen molar-refractivity contribution in [3.05, 3.63) is 59.0 Å². The van der Waals surface area contributed by atoms with Gasteiger partial charge in [-0.25, -0.2) is 0 Å². The number of amides is 2. The second-order valence-electron chi connectivity index (χ2n) is 9.58. The van der Waals surface area contributed by atoms with Gasteiger partial charge in [-0.15, -0.1) is 0 Å². The standard InChI is InChI=1S/C22H27ClN6O2.C4H5N3O/c23-15-1-3-16(4-2-15)27-22-19(21(25)30)13-29(28-22)20-6-5-18(11-14(20)12-24)26-17-7-9-31-10-8-17;5-4(8)3-1-6-7-2-3/h1-4,13-14,17-18,20,26H,5-11H2,(H2,25,30)(H,27,28);1-2H,(H2,5,8)(H,6,7). The number of aromatic amines is 1. The van der Waals surface area contributed by atoms with Gasteiger partial charge in [0.25, 0.3) is 11.8 Å². The number of carbonyl (C=O) groups excluding carboxylic acids is 2. The second kappa shape index (κ2) is 13.2. The highest BCUT2D eigenvalue weighted by atomic mass is 35.5. The van der Waals surface area contributed by atoms with Gasteiger partial charge in [0.2, 0.25) is 0 Å². The fourth-order valence-electron chi connectivity index (χ4n) is 4.85. The molecule has 39 heavy (non-hydrogen) atoms. The van der Waals surface area contributed by atoms with Crippen molar-refractivity contribution >= 4 is 34.9 Å². The minimum atomic E-state index is -0.564. The molecule has 0 spiro atoms. The highest BCUT2D eigenvalue weighted by Gasteiger charge is 2.34. The van der Waals surface area contributed by atoms with E-state index in [0.29, 0.717) is 34.1 Å². The molecule has 3 unspecified atom stereocenters. The van der Waals surface area contributed by atoms with Gasteiger partial charge in [-0.1, -0.05) is 11.6 Å². The van der Waals surface area contributed by atoms with E-state index in [1.165, 1.54) is 12.4 Å². The van der Waals surface area contributed by atoms with Crippen LogP contribution in [-0.2, 0) is 4.74 Å². The molecule has 3 heterocycles. The smallest absolute Gasteiger partial charge is 0.254 e. The minimum absolute atomic E-state index is 0.100. The third kappa shape index (κ3) is 7.57. The van der Waals surface area contributed by atoms with Crippen LogP contribution in [-0.4, -0.2) is 57.1 Å². The maximum Gasteiger partial charge on any atom is 0.254 e. The Kier molecular flexibility index (Phi) is 9.54. The summed E-state index contributed by atoms with van der Waals surface area (Å²) in [5.41, 5.74) is 11.9. The van der Waals surface area contributed by atoms with Gasteiger partial charge in [-0.3, -0.25) is 19.4 Å². The maximum absolute atomic E-state index is 12.0. The molecule has 3 atom stereocenters. The van der Waals surface area contributed by atoms with Crippen LogP contribution in [0.2, 0.25) is 5.02 Å². The van der Waals surface area contributed by atoms with Crippen LogP contribution in [0.3, 0.4) is 0 Å². The van der Waals surface area contributed by atoms with E-state index in [1.54, 1.807) is 35.1 Å². The third-order valence-corrected chi connectivity index (χ3v) is 7.15. The highest BCUT2D eigenvalue weighted by molar-refractivity contribution is 6.30. The van der Waals surface area contributed by atoms with Crippen LogP contribution in [0.1, 0.15) is 58.9 Å². The van der Waals surface area contributed by atoms with E-state index >= 15 is 0 Å². The molecule has 1 aliphatic carbocycles. The number of H-pyrrole nitrogens is 1. The molecule has 2 aromatic heterocycles. The molecule has 2 amide bonds. The molecule has 0 radical (unpaired) electrons. The summed E-state index contributed by atoms with van der Waals surface area (Å²) >= 11 is 5.94. The number of aromatic nitrogens is 4. The molecular formula is C26H32ClN9O3. The van der Waals surface area contributed by atoms with Gasteiger partial charge >= 0.3 is 0 Å². The zero-order valence-corrected chi connectivity index (χ0v) is 22.1. The Balaban J connectivity index is 0.000000379. The SMILES string of the molecule is N#CC1CC(NC2CCOCC2)CCC1n1cc(C(N)=O)c(Nc2ccc(Cl)cc2)n1.NC(=O)c1cn[nH]c1. The summed E-state index contributed by atoms with van der Waals surface area (Å²) in [4.78, 5) is 22.2. The number of hydrogen-bond donors (Lipinski definition) is 5. The fourth-order valence-corrected chi connectivity index (χ4v) is 4.97. The molecule has 2 aliphatic rings. The highest BCUT2D eigenvalue weighted by Crippen LogP contribution is 2.35. The number of benzene rings is 1. The molecule has 0 bridgehead atoms. The van der Waals surface area contributed by atoms with Crippen molar-refractivity contribution in [2.75, 3.05) is 18.5 Å². The van der Waals surface area contributed by atoms with Gasteiger partial charge < -0.3 is 26.8 Å². The number of anilines is 2. The Labute approximate surface area is 231 Å². The van der Waals surface area contributed by atoms with E-state index in [-0.39, 0.29) is 12.0 Å². The van der Waals surface area contributed by atoms with Crippen molar-refractivity contribution in [2.45, 2.75) is 50.2 Å². The number of nitrogens with one attached hydrogen (secondary N) is 3. The number of primary amides is 2. The molecule has 12 nitrogen and oxygen atoms in total. The number of nitrogens with zero attached hydrogens (tertiary/aromatic N) is 4. The molecule has 7 N–H and O–H groups in total. The summed E-state index contributed by atoms with van der Waals surface area (Å²) in [5, 5.41) is 27.9. The number of carbonyl (C=O) groups is 2. The van der Waals surface area contributed by atoms with Crippen molar-refractivity contribution in [3.63, 3.8) is 0 Å². The number of nitrogens with two attached hydrogens (primary N) is 2. The molecule has 206 valence electrons. The molecule has 5 rings (SSSR count). The van der Waals surface area contributed by atoms with Gasteiger partial charge in [0.15, 0.2) is 5.82 Å². The van der Waals surface area contributed by atoms with E-state index in [1.807, 2.05) is 0 Å². The number of nitriles is 1. The Morgan fingerprint density at radius 2 is 1.85 bits per heavy atom. The molecule has 1 saturated heterocycles. The lowest BCUT2D eigenvalue weighted by molar-refractivity contribution is 0.0708. The van der Waals surface area contributed by atoms with Crippen LogP contribution < -0.4 is 22.1 Å². The Morgan fingerprint density at radius 1 is 1.10 bits per heavy atom. The molecule has 1 aliphatic heterocycles. The number of halogens is 1. The topological polar surface area (TPSA) is 190 Å². The molecule has 1 saturated carbocycles. The number of rotatable bonds is 7. The van der Waals surface area contributed by atoms with Crippen LogP contribution in [0.15, 0.2) is 42.9 Å². The molecular weight excluding hydrogens is 522 g/mol. The van der Waals surface area contributed by atoms with Crippen molar-refractivity contribution in [1.29, 1.82) is 5.26 Å². The molecule has 2 fully saturated rings. The first kappa shape index (κ1) is 28.1. The van der Waals surface area contributed by atoms with Gasteiger partial charge in [-0.2, -0.15) is 15.5 Å². The first-order chi connectivity index (χ1) is 18.8. The molecule has 3 aromatic rings. The average Bonchev–Trinajstić information content (AvgIpc) is 3.62. The van der Waals surface area contributed by atoms with Crippen LogP contribution in [0.4, 0.5) is 11.5 Å². The monoisotopic (exact) mass is 553 g/mol. The van der Waals surface area contributed by atoms with E-state index in [9.17, 15) is 14.9 Å². The van der Waals surface area contributed by atoms with E-state index in [4.69, 9.17) is 27.8 Å². The number of ether oxygens (including phenoxy) is 1. The first-order valence-electron chi connectivity index (χ1n) is 12.8. The van der Waals surface area contributed by atoms with Crippen LogP contribution >= 0.6 is 11.6 Å². The van der Waals surface area contributed by atoms with Gasteiger partial charge in [0.1, 0.15) is 5.56 Å². The fraction of sp³-hybridized carbons (Fsp3) is 0.423. The lowest BCUT2D eigenvalue weighted by Crippen LogP contribution is -2.45. The van der Waals surface area contributed by atoms with Gasteiger partial charge in [0, 0.05) is 48.4 Å². The Bertz CT molecular complexity index is 1280. The lowest BCUT2D eigenvalue weighted by atomic mass is 9.82. The predicted octanol–water partition coefficient (Wildman–Crippen LogP) is 2.89. The summed E-state index contributed by atoms with van der Waals surface area (Å²) in [5.74, 6) is -0.839. The number of hydrogen-bond acceptors (Lipinski definition) is 8. The Hall–Kier alpha value is -3.92. The van der Waals surface area contributed by atoms with Crippen molar-refractivity contribution in [1.82, 2.24) is 25.3 Å². The van der Waals surface area contributed by atoms with E-state index < -0.39 is 11.8 Å².